The van der Waals surface area contributed by atoms with Crippen molar-refractivity contribution in [2.75, 3.05) is 11.4 Å². The average Bonchev–Trinajstić information content (AvgIpc) is 3.68. The van der Waals surface area contributed by atoms with Crippen LogP contribution in [0.25, 0.3) is 33.3 Å². The standard InChI is InChI=1S/C27H22N6O3/c34-25-2-1-10-33(25)20-5-3-17(4-6-20)18-12-19(15-28-14-18)21-7-8-30-26-22(21)13-23(32-26)27(35)31-16-24-29-9-11-36-24/h3-9,11-15H,1-2,10,16H2,(H,30,32)(H,31,35). The van der Waals surface area contributed by atoms with Crippen LogP contribution in [0, 0.1) is 0 Å². The molecule has 0 radical (unpaired) electrons. The fraction of sp³-hybridized carbons (Fsp3) is 0.148. The van der Waals surface area contributed by atoms with Gasteiger partial charge in [-0.2, -0.15) is 0 Å². The van der Waals surface area contributed by atoms with Crippen molar-refractivity contribution in [3.05, 3.63) is 85.1 Å². The summed E-state index contributed by atoms with van der Waals surface area (Å²) >= 11 is 0. The molecule has 1 saturated heterocycles. The maximum Gasteiger partial charge on any atom is 0.268 e. The van der Waals surface area contributed by atoms with Crippen molar-refractivity contribution in [3.63, 3.8) is 0 Å². The highest BCUT2D eigenvalue weighted by Gasteiger charge is 2.21. The van der Waals surface area contributed by atoms with Gasteiger partial charge in [-0.25, -0.2) is 9.97 Å². The molecule has 1 aliphatic rings. The zero-order valence-electron chi connectivity index (χ0n) is 19.3. The molecule has 0 bridgehead atoms. The summed E-state index contributed by atoms with van der Waals surface area (Å²) in [5.74, 6) is 0.326. The van der Waals surface area contributed by atoms with E-state index in [2.05, 4.69) is 31.3 Å². The van der Waals surface area contributed by atoms with Gasteiger partial charge >= 0.3 is 0 Å². The van der Waals surface area contributed by atoms with Gasteiger partial charge in [0.1, 0.15) is 17.6 Å². The van der Waals surface area contributed by atoms with Gasteiger partial charge in [-0.15, -0.1) is 0 Å². The summed E-state index contributed by atoms with van der Waals surface area (Å²) in [5, 5.41) is 3.61. The van der Waals surface area contributed by atoms with Gasteiger partial charge in [-0.1, -0.05) is 12.1 Å². The second-order valence-electron chi connectivity index (χ2n) is 8.57. The van der Waals surface area contributed by atoms with E-state index < -0.39 is 0 Å². The first kappa shape index (κ1) is 21.7. The summed E-state index contributed by atoms with van der Waals surface area (Å²) in [5.41, 5.74) is 5.71. The van der Waals surface area contributed by atoms with E-state index >= 15 is 0 Å². The number of oxazole rings is 1. The average molecular weight is 479 g/mol. The van der Waals surface area contributed by atoms with Crippen molar-refractivity contribution >= 4 is 28.5 Å². The Balaban J connectivity index is 1.27. The first-order valence-electron chi connectivity index (χ1n) is 11.7. The Hall–Kier alpha value is -4.79. The molecule has 1 fully saturated rings. The number of amides is 2. The molecular weight excluding hydrogens is 456 g/mol. The number of aromatic amines is 1. The van der Waals surface area contributed by atoms with Gasteiger partial charge in [0.05, 0.1) is 12.7 Å². The molecule has 36 heavy (non-hydrogen) atoms. The van der Waals surface area contributed by atoms with Gasteiger partial charge in [0.25, 0.3) is 5.91 Å². The summed E-state index contributed by atoms with van der Waals surface area (Å²) < 4.78 is 5.17. The van der Waals surface area contributed by atoms with Crippen LogP contribution in [0.5, 0.6) is 0 Å². The molecule has 0 aliphatic carbocycles. The molecule has 9 heteroatoms. The van der Waals surface area contributed by atoms with Crippen molar-refractivity contribution in [1.29, 1.82) is 0 Å². The van der Waals surface area contributed by atoms with E-state index in [0.717, 1.165) is 46.3 Å². The number of nitrogens with zero attached hydrogens (tertiary/aromatic N) is 4. The normalized spacial score (nSPS) is 13.4. The Kier molecular flexibility index (Phi) is 5.49. The molecular formula is C27H22N6O3. The molecule has 1 aliphatic heterocycles. The molecule has 5 aromatic rings. The van der Waals surface area contributed by atoms with Crippen molar-refractivity contribution in [2.24, 2.45) is 0 Å². The number of rotatable bonds is 6. The summed E-state index contributed by atoms with van der Waals surface area (Å²) in [7, 11) is 0. The van der Waals surface area contributed by atoms with E-state index in [0.29, 0.717) is 23.7 Å². The van der Waals surface area contributed by atoms with Gasteiger partial charge in [0.15, 0.2) is 0 Å². The first-order chi connectivity index (χ1) is 17.7. The van der Waals surface area contributed by atoms with Crippen LogP contribution in [0.2, 0.25) is 0 Å². The highest BCUT2D eigenvalue weighted by Crippen LogP contribution is 2.31. The predicted molar refractivity (Wildman–Crippen MR) is 134 cm³/mol. The number of carbonyl (C=O) groups excluding carboxylic acids is 2. The SMILES string of the molecule is O=C(NCc1ncco1)c1cc2c(-c3cncc(-c4ccc(N5CCCC5=O)cc4)c3)ccnc2[nH]1. The van der Waals surface area contributed by atoms with E-state index in [9.17, 15) is 9.59 Å². The Morgan fingerprint density at radius 2 is 1.89 bits per heavy atom. The predicted octanol–water partition coefficient (Wildman–Crippen LogP) is 4.34. The summed E-state index contributed by atoms with van der Waals surface area (Å²) in [6.45, 7) is 0.960. The maximum absolute atomic E-state index is 12.7. The minimum Gasteiger partial charge on any atom is -0.447 e. The first-order valence-corrected chi connectivity index (χ1v) is 11.7. The van der Waals surface area contributed by atoms with E-state index in [1.165, 1.54) is 12.5 Å². The fourth-order valence-corrected chi connectivity index (χ4v) is 4.49. The molecule has 2 amide bonds. The molecule has 0 atom stereocenters. The minimum absolute atomic E-state index is 0.172. The van der Waals surface area contributed by atoms with Gasteiger partial charge in [-0.05, 0) is 47.9 Å². The molecule has 4 aromatic heterocycles. The largest absolute Gasteiger partial charge is 0.447 e. The lowest BCUT2D eigenvalue weighted by Crippen LogP contribution is -2.23. The number of fused-ring (bicyclic) bond motifs is 1. The molecule has 0 spiro atoms. The molecule has 0 saturated carbocycles. The number of pyridine rings is 2. The topological polar surface area (TPSA) is 117 Å². The number of hydrogen-bond acceptors (Lipinski definition) is 6. The third-order valence-corrected chi connectivity index (χ3v) is 6.30. The van der Waals surface area contributed by atoms with Crippen molar-refractivity contribution in [1.82, 2.24) is 25.3 Å². The van der Waals surface area contributed by atoms with Gasteiger partial charge in [0.2, 0.25) is 11.8 Å². The second-order valence-corrected chi connectivity index (χ2v) is 8.57. The Morgan fingerprint density at radius 1 is 1.03 bits per heavy atom. The lowest BCUT2D eigenvalue weighted by Gasteiger charge is -2.16. The summed E-state index contributed by atoms with van der Waals surface area (Å²) in [4.78, 5) is 42.5. The Labute approximate surface area is 206 Å². The zero-order valence-corrected chi connectivity index (χ0v) is 19.3. The monoisotopic (exact) mass is 478 g/mol. The number of anilines is 1. The zero-order chi connectivity index (χ0) is 24.5. The van der Waals surface area contributed by atoms with E-state index in [1.807, 2.05) is 41.4 Å². The smallest absolute Gasteiger partial charge is 0.268 e. The van der Waals surface area contributed by atoms with Crippen molar-refractivity contribution in [3.8, 4) is 22.3 Å². The van der Waals surface area contributed by atoms with Crippen LogP contribution in [0.4, 0.5) is 5.69 Å². The third kappa shape index (κ3) is 4.11. The van der Waals surface area contributed by atoms with Crippen LogP contribution in [-0.2, 0) is 11.3 Å². The molecule has 2 N–H and O–H groups in total. The van der Waals surface area contributed by atoms with E-state index in [-0.39, 0.29) is 18.4 Å². The van der Waals surface area contributed by atoms with Gasteiger partial charge < -0.3 is 19.6 Å². The number of benzene rings is 1. The van der Waals surface area contributed by atoms with Crippen LogP contribution in [0.3, 0.4) is 0 Å². The fourth-order valence-electron chi connectivity index (χ4n) is 4.49. The molecule has 0 unspecified atom stereocenters. The number of H-pyrrole nitrogens is 1. The number of nitrogens with one attached hydrogen (secondary N) is 2. The van der Waals surface area contributed by atoms with Crippen LogP contribution in [0.15, 0.2) is 77.9 Å². The molecule has 6 rings (SSSR count). The Bertz CT molecular complexity index is 1560. The number of hydrogen-bond donors (Lipinski definition) is 2. The number of carbonyl (C=O) groups is 2. The Morgan fingerprint density at radius 3 is 2.67 bits per heavy atom. The quantitative estimate of drug-likeness (QED) is 0.375. The maximum atomic E-state index is 12.7. The van der Waals surface area contributed by atoms with Crippen LogP contribution in [-0.4, -0.2) is 38.3 Å². The van der Waals surface area contributed by atoms with Gasteiger partial charge in [0, 0.05) is 53.8 Å². The number of aromatic nitrogens is 4. The summed E-state index contributed by atoms with van der Waals surface area (Å²) in [6.07, 6.45) is 9.82. The lowest BCUT2D eigenvalue weighted by atomic mass is 10.0. The molecule has 1 aromatic carbocycles. The van der Waals surface area contributed by atoms with E-state index in [4.69, 9.17) is 4.42 Å². The van der Waals surface area contributed by atoms with Gasteiger partial charge in [-0.3, -0.25) is 14.6 Å². The third-order valence-electron chi connectivity index (χ3n) is 6.30. The van der Waals surface area contributed by atoms with Crippen molar-refractivity contribution < 1.29 is 14.0 Å². The molecule has 9 nitrogen and oxygen atoms in total. The molecule has 5 heterocycles. The van der Waals surface area contributed by atoms with Crippen LogP contribution >= 0.6 is 0 Å². The lowest BCUT2D eigenvalue weighted by molar-refractivity contribution is -0.117. The molecule has 178 valence electrons. The second kappa shape index (κ2) is 9.10. The highest BCUT2D eigenvalue weighted by atomic mass is 16.3. The van der Waals surface area contributed by atoms with Crippen molar-refractivity contribution in [2.45, 2.75) is 19.4 Å². The van der Waals surface area contributed by atoms with Crippen LogP contribution < -0.4 is 10.2 Å². The highest BCUT2D eigenvalue weighted by molar-refractivity contribution is 6.02. The summed E-state index contributed by atoms with van der Waals surface area (Å²) in [6, 6.07) is 13.7. The minimum atomic E-state index is -0.277. The van der Waals surface area contributed by atoms with E-state index in [1.54, 1.807) is 18.5 Å². The van der Waals surface area contributed by atoms with Crippen LogP contribution in [0.1, 0.15) is 29.2 Å².